The van der Waals surface area contributed by atoms with E-state index in [1.54, 1.807) is 0 Å². The van der Waals surface area contributed by atoms with Crippen molar-refractivity contribution in [2.24, 2.45) is 11.8 Å². The number of nitrogens with one attached hydrogen (secondary N) is 1. The van der Waals surface area contributed by atoms with E-state index in [0.29, 0.717) is 13.2 Å². The van der Waals surface area contributed by atoms with Crippen molar-refractivity contribution < 1.29 is 9.53 Å². The molecule has 1 aliphatic rings. The van der Waals surface area contributed by atoms with Gasteiger partial charge in [0, 0.05) is 12.1 Å². The summed E-state index contributed by atoms with van der Waals surface area (Å²) in [5, 5.41) is 3.50. The fourth-order valence-corrected chi connectivity index (χ4v) is 2.32. The zero-order valence-electron chi connectivity index (χ0n) is 12.7. The zero-order chi connectivity index (χ0) is 14.6. The van der Waals surface area contributed by atoms with Gasteiger partial charge in [0.2, 0.25) is 0 Å². The minimum atomic E-state index is -0.132. The Morgan fingerprint density at radius 1 is 1.35 bits per heavy atom. The molecule has 1 atom stereocenters. The summed E-state index contributed by atoms with van der Waals surface area (Å²) < 4.78 is 5.35. The zero-order valence-corrected chi connectivity index (χ0v) is 12.7. The second kappa shape index (κ2) is 6.40. The Bertz CT molecular complexity index is 438. The summed E-state index contributed by atoms with van der Waals surface area (Å²) in [6, 6.07) is 9.79. The molecule has 3 nitrogen and oxygen atoms in total. The quantitative estimate of drug-likeness (QED) is 0.777. The first-order valence-corrected chi connectivity index (χ1v) is 7.44. The molecule has 0 aromatic heterocycles. The van der Waals surface area contributed by atoms with Crippen LogP contribution in [0.2, 0.25) is 0 Å². The van der Waals surface area contributed by atoms with Crippen LogP contribution in [0.5, 0.6) is 0 Å². The van der Waals surface area contributed by atoms with Gasteiger partial charge in [0.05, 0.1) is 5.92 Å². The molecule has 3 heteroatoms. The molecule has 0 bridgehead atoms. The Kier molecular flexibility index (Phi) is 4.81. The highest BCUT2D eigenvalue weighted by atomic mass is 16.5. The highest BCUT2D eigenvalue weighted by molar-refractivity contribution is 5.72. The number of carbonyl (C=O) groups is 1. The van der Waals surface area contributed by atoms with E-state index in [-0.39, 0.29) is 17.4 Å². The molecule has 0 amide bonds. The van der Waals surface area contributed by atoms with Crippen LogP contribution in [0.3, 0.4) is 0 Å². The van der Waals surface area contributed by atoms with E-state index in [4.69, 9.17) is 4.74 Å². The third-order valence-electron chi connectivity index (χ3n) is 4.09. The summed E-state index contributed by atoms with van der Waals surface area (Å²) in [6.07, 6.45) is 2.60. The minimum absolute atomic E-state index is 0.114. The van der Waals surface area contributed by atoms with E-state index in [2.05, 4.69) is 19.2 Å². The first-order valence-electron chi connectivity index (χ1n) is 7.44. The molecule has 1 N–H and O–H groups in total. The lowest BCUT2D eigenvalue weighted by atomic mass is 9.98. The molecule has 1 fully saturated rings. The molecule has 2 rings (SSSR count). The first-order chi connectivity index (χ1) is 9.49. The normalized spacial score (nSPS) is 16.8. The topological polar surface area (TPSA) is 38.3 Å². The third-order valence-corrected chi connectivity index (χ3v) is 4.09. The van der Waals surface area contributed by atoms with Crippen LogP contribution in [0.25, 0.3) is 0 Å². The van der Waals surface area contributed by atoms with Crippen LogP contribution in [-0.2, 0) is 16.1 Å². The lowest BCUT2D eigenvalue weighted by Gasteiger charge is -2.27. The van der Waals surface area contributed by atoms with Crippen molar-refractivity contribution in [1.82, 2.24) is 5.32 Å². The molecule has 1 aliphatic carbocycles. The van der Waals surface area contributed by atoms with E-state index < -0.39 is 0 Å². The number of hydrogen-bond acceptors (Lipinski definition) is 3. The number of carbonyl (C=O) groups excluding carboxylic acids is 1. The number of benzene rings is 1. The number of ether oxygens (including phenoxy) is 1. The van der Waals surface area contributed by atoms with Crippen LogP contribution in [0, 0.1) is 11.8 Å². The lowest BCUT2D eigenvalue weighted by Crippen LogP contribution is -2.44. The van der Waals surface area contributed by atoms with Gasteiger partial charge in [-0.25, -0.2) is 0 Å². The van der Waals surface area contributed by atoms with E-state index in [1.807, 2.05) is 37.3 Å². The second-order valence-electron chi connectivity index (χ2n) is 6.37. The van der Waals surface area contributed by atoms with Crippen molar-refractivity contribution in [1.29, 1.82) is 0 Å². The summed E-state index contributed by atoms with van der Waals surface area (Å²) in [5.74, 6) is 0.514. The van der Waals surface area contributed by atoms with Gasteiger partial charge in [-0.2, -0.15) is 0 Å². The predicted molar refractivity (Wildman–Crippen MR) is 80.2 cm³/mol. The van der Waals surface area contributed by atoms with Crippen molar-refractivity contribution in [3.63, 3.8) is 0 Å². The molecule has 1 aromatic carbocycles. The second-order valence-corrected chi connectivity index (χ2v) is 6.37. The maximum Gasteiger partial charge on any atom is 0.310 e. The smallest absolute Gasteiger partial charge is 0.310 e. The summed E-state index contributed by atoms with van der Waals surface area (Å²) in [5.41, 5.74) is 1.16. The molecule has 0 spiro atoms. The summed E-state index contributed by atoms with van der Waals surface area (Å²) >= 11 is 0. The van der Waals surface area contributed by atoms with Crippen molar-refractivity contribution in [3.8, 4) is 0 Å². The van der Waals surface area contributed by atoms with Crippen LogP contribution in [0.4, 0.5) is 0 Å². The van der Waals surface area contributed by atoms with Crippen molar-refractivity contribution in [3.05, 3.63) is 35.9 Å². The number of hydrogen-bond donors (Lipinski definition) is 1. The van der Waals surface area contributed by atoms with Gasteiger partial charge in [-0.15, -0.1) is 0 Å². The van der Waals surface area contributed by atoms with Crippen LogP contribution in [0.1, 0.15) is 39.2 Å². The summed E-state index contributed by atoms with van der Waals surface area (Å²) in [6.45, 7) is 7.38. The number of esters is 1. The van der Waals surface area contributed by atoms with Gasteiger partial charge in [0.15, 0.2) is 0 Å². The average molecular weight is 275 g/mol. The van der Waals surface area contributed by atoms with E-state index >= 15 is 0 Å². The van der Waals surface area contributed by atoms with Gasteiger partial charge in [0.25, 0.3) is 0 Å². The number of rotatable bonds is 7. The van der Waals surface area contributed by atoms with Crippen LogP contribution >= 0.6 is 0 Å². The van der Waals surface area contributed by atoms with E-state index in [0.717, 1.165) is 11.5 Å². The Hall–Kier alpha value is -1.35. The molecule has 0 radical (unpaired) electrons. The maximum atomic E-state index is 12.0. The molecule has 1 unspecified atom stereocenters. The standard InChI is InChI=1S/C17H25NO2/c1-13(11-18-17(2,3)15-9-10-15)16(19)20-12-14-7-5-4-6-8-14/h4-8,13,15,18H,9-12H2,1-3H3. The van der Waals surface area contributed by atoms with Crippen molar-refractivity contribution in [2.75, 3.05) is 6.54 Å². The van der Waals surface area contributed by atoms with E-state index in [9.17, 15) is 4.79 Å². The lowest BCUT2D eigenvalue weighted by molar-refractivity contribution is -0.149. The molecule has 1 saturated carbocycles. The van der Waals surface area contributed by atoms with Crippen LogP contribution in [-0.4, -0.2) is 18.1 Å². The summed E-state index contributed by atoms with van der Waals surface area (Å²) in [7, 11) is 0. The van der Waals surface area contributed by atoms with E-state index in [1.165, 1.54) is 12.8 Å². The monoisotopic (exact) mass is 275 g/mol. The van der Waals surface area contributed by atoms with Gasteiger partial charge in [-0.1, -0.05) is 37.3 Å². The van der Waals surface area contributed by atoms with Gasteiger partial charge in [-0.3, -0.25) is 4.79 Å². The fourth-order valence-electron chi connectivity index (χ4n) is 2.32. The Morgan fingerprint density at radius 2 is 2.00 bits per heavy atom. The Balaban J connectivity index is 1.72. The molecule has 110 valence electrons. The molecular weight excluding hydrogens is 250 g/mol. The third kappa shape index (κ3) is 4.34. The summed E-state index contributed by atoms with van der Waals surface area (Å²) in [4.78, 5) is 12.0. The first kappa shape index (κ1) is 15.0. The van der Waals surface area contributed by atoms with Crippen molar-refractivity contribution >= 4 is 5.97 Å². The SMILES string of the molecule is CC(CNC(C)(C)C1CC1)C(=O)OCc1ccccc1. The largest absolute Gasteiger partial charge is 0.461 e. The van der Waals surface area contributed by atoms with Gasteiger partial charge < -0.3 is 10.1 Å². The molecule has 1 aromatic rings. The van der Waals surface area contributed by atoms with Crippen molar-refractivity contribution in [2.45, 2.75) is 45.8 Å². The molecule has 0 aliphatic heterocycles. The molecular formula is C17H25NO2. The Morgan fingerprint density at radius 3 is 2.60 bits per heavy atom. The molecule has 20 heavy (non-hydrogen) atoms. The molecule has 0 heterocycles. The van der Waals surface area contributed by atoms with Crippen LogP contribution < -0.4 is 5.32 Å². The van der Waals surface area contributed by atoms with Gasteiger partial charge in [0.1, 0.15) is 6.61 Å². The van der Waals surface area contributed by atoms with Crippen LogP contribution in [0.15, 0.2) is 30.3 Å². The highest BCUT2D eigenvalue weighted by Crippen LogP contribution is 2.39. The maximum absolute atomic E-state index is 12.0. The highest BCUT2D eigenvalue weighted by Gasteiger charge is 2.37. The predicted octanol–water partition coefficient (Wildman–Crippen LogP) is 3.14. The minimum Gasteiger partial charge on any atom is -0.461 e. The average Bonchev–Trinajstić information content (AvgIpc) is 3.28. The Labute approximate surface area is 121 Å². The fraction of sp³-hybridized carbons (Fsp3) is 0.588. The van der Waals surface area contributed by atoms with Gasteiger partial charge >= 0.3 is 5.97 Å². The molecule has 0 saturated heterocycles. The van der Waals surface area contributed by atoms with Gasteiger partial charge in [-0.05, 0) is 38.2 Å².